The summed E-state index contributed by atoms with van der Waals surface area (Å²) in [4.78, 5) is 4.52. The lowest BCUT2D eigenvalue weighted by molar-refractivity contribution is 0.589. The second-order valence-electron chi connectivity index (χ2n) is 5.25. The van der Waals surface area contributed by atoms with Gasteiger partial charge in [-0.25, -0.2) is 9.37 Å². The number of nitrogens with two attached hydrogens (primary N) is 2. The maximum absolute atomic E-state index is 13.2. The molecule has 1 heterocycles. The van der Waals surface area contributed by atoms with Crippen molar-refractivity contribution in [2.24, 2.45) is 11.5 Å². The van der Waals surface area contributed by atoms with Gasteiger partial charge < -0.3 is 11.5 Å². The van der Waals surface area contributed by atoms with Gasteiger partial charge in [0.05, 0.1) is 0 Å². The first kappa shape index (κ1) is 16.0. The quantitative estimate of drug-likeness (QED) is 0.822. The fourth-order valence-electron chi connectivity index (χ4n) is 2.10. The van der Waals surface area contributed by atoms with Gasteiger partial charge in [0.15, 0.2) is 0 Å². The maximum Gasteiger partial charge on any atom is 0.146 e. The molecule has 0 spiro atoms. The minimum Gasteiger partial charge on any atom is -0.329 e. The first-order valence-electron chi connectivity index (χ1n) is 7.10. The van der Waals surface area contributed by atoms with Crippen LogP contribution in [0.15, 0.2) is 18.2 Å². The number of aryl methyl sites for hydroxylation is 2. The monoisotopic (exact) mass is 308 g/mol. The van der Waals surface area contributed by atoms with Crippen molar-refractivity contribution in [3.05, 3.63) is 46.0 Å². The fraction of sp³-hybridized carbons (Fsp3) is 0.467. The summed E-state index contributed by atoms with van der Waals surface area (Å²) in [6, 6.07) is 5.19. The van der Waals surface area contributed by atoms with Gasteiger partial charge in [-0.3, -0.25) is 0 Å². The van der Waals surface area contributed by atoms with Crippen LogP contribution < -0.4 is 11.5 Å². The number of aromatic nitrogens is 2. The lowest BCUT2D eigenvalue weighted by atomic mass is 10.1. The molecule has 0 aliphatic rings. The van der Waals surface area contributed by atoms with E-state index in [9.17, 15) is 4.39 Å². The zero-order valence-corrected chi connectivity index (χ0v) is 13.0. The standard InChI is InChI=1S/C15H21FN4S/c1-10-7-11(5-6-13(10)16)8-14-19-15(21-20-14)4-2-3-12(18)9-17/h5-7,12H,2-4,8-9,17-18H2,1H3. The summed E-state index contributed by atoms with van der Waals surface area (Å²) in [5, 5.41) is 1.02. The third-order valence-electron chi connectivity index (χ3n) is 3.36. The normalized spacial score (nSPS) is 12.6. The van der Waals surface area contributed by atoms with Crippen LogP contribution in [0.2, 0.25) is 0 Å². The third kappa shape index (κ3) is 4.84. The third-order valence-corrected chi connectivity index (χ3v) is 4.17. The van der Waals surface area contributed by atoms with Crippen LogP contribution in [-0.2, 0) is 12.8 Å². The molecule has 21 heavy (non-hydrogen) atoms. The van der Waals surface area contributed by atoms with Crippen LogP contribution in [0.25, 0.3) is 0 Å². The van der Waals surface area contributed by atoms with Gasteiger partial charge >= 0.3 is 0 Å². The van der Waals surface area contributed by atoms with Crippen LogP contribution in [0.5, 0.6) is 0 Å². The molecule has 4 N–H and O–H groups in total. The summed E-state index contributed by atoms with van der Waals surface area (Å²) in [7, 11) is 0. The van der Waals surface area contributed by atoms with Crippen molar-refractivity contribution in [3.8, 4) is 0 Å². The van der Waals surface area contributed by atoms with Crippen LogP contribution in [0.1, 0.15) is 34.8 Å². The molecule has 0 radical (unpaired) electrons. The summed E-state index contributed by atoms with van der Waals surface area (Å²) < 4.78 is 17.6. The number of hydrogen-bond acceptors (Lipinski definition) is 5. The van der Waals surface area contributed by atoms with Crippen LogP contribution in [0, 0.1) is 12.7 Å². The summed E-state index contributed by atoms with van der Waals surface area (Å²) >= 11 is 1.43. The highest BCUT2D eigenvalue weighted by Crippen LogP contribution is 2.15. The Hall–Kier alpha value is -1.37. The summed E-state index contributed by atoms with van der Waals surface area (Å²) in [5.74, 6) is 0.617. The maximum atomic E-state index is 13.2. The summed E-state index contributed by atoms with van der Waals surface area (Å²) in [5.41, 5.74) is 13.0. The van der Waals surface area contributed by atoms with E-state index in [1.54, 1.807) is 13.0 Å². The minimum atomic E-state index is -0.179. The van der Waals surface area contributed by atoms with Gasteiger partial charge in [0.1, 0.15) is 16.6 Å². The van der Waals surface area contributed by atoms with Gasteiger partial charge in [-0.15, -0.1) is 0 Å². The van der Waals surface area contributed by atoms with Crippen molar-refractivity contribution in [2.75, 3.05) is 6.54 Å². The van der Waals surface area contributed by atoms with Crippen molar-refractivity contribution >= 4 is 11.5 Å². The Bertz CT molecular complexity index is 585. The molecule has 114 valence electrons. The Balaban J connectivity index is 1.89. The molecular weight excluding hydrogens is 287 g/mol. The number of hydrogen-bond donors (Lipinski definition) is 2. The number of halogens is 1. The van der Waals surface area contributed by atoms with E-state index in [0.29, 0.717) is 18.5 Å². The van der Waals surface area contributed by atoms with E-state index >= 15 is 0 Å². The van der Waals surface area contributed by atoms with E-state index in [-0.39, 0.29) is 11.9 Å². The molecule has 0 saturated carbocycles. The average Bonchev–Trinajstić information content (AvgIpc) is 2.90. The Kier molecular flexibility index (Phi) is 5.78. The lowest BCUT2D eigenvalue weighted by Gasteiger charge is -2.06. The minimum absolute atomic E-state index is 0.0691. The van der Waals surface area contributed by atoms with Crippen molar-refractivity contribution in [2.45, 2.75) is 38.6 Å². The van der Waals surface area contributed by atoms with E-state index in [2.05, 4.69) is 9.36 Å². The average molecular weight is 308 g/mol. The molecule has 1 unspecified atom stereocenters. The van der Waals surface area contributed by atoms with Crippen molar-refractivity contribution in [1.29, 1.82) is 0 Å². The molecule has 1 aromatic carbocycles. The zero-order valence-electron chi connectivity index (χ0n) is 12.2. The molecule has 4 nitrogen and oxygen atoms in total. The number of benzene rings is 1. The van der Waals surface area contributed by atoms with Gasteiger partial charge in [-0.1, -0.05) is 12.1 Å². The van der Waals surface area contributed by atoms with E-state index in [4.69, 9.17) is 11.5 Å². The van der Waals surface area contributed by atoms with Gasteiger partial charge in [-0.05, 0) is 48.5 Å². The highest BCUT2D eigenvalue weighted by Gasteiger charge is 2.07. The highest BCUT2D eigenvalue weighted by molar-refractivity contribution is 7.05. The zero-order chi connectivity index (χ0) is 15.2. The number of rotatable bonds is 7. The van der Waals surface area contributed by atoms with E-state index in [0.717, 1.165) is 35.7 Å². The second-order valence-corrected chi connectivity index (χ2v) is 6.09. The molecule has 1 atom stereocenters. The van der Waals surface area contributed by atoms with Crippen molar-refractivity contribution < 1.29 is 4.39 Å². The Labute approximate surface area is 128 Å². The topological polar surface area (TPSA) is 77.8 Å². The molecular formula is C15H21FN4S. The van der Waals surface area contributed by atoms with E-state index in [1.807, 2.05) is 6.07 Å². The predicted molar refractivity (Wildman–Crippen MR) is 83.8 cm³/mol. The smallest absolute Gasteiger partial charge is 0.146 e. The summed E-state index contributed by atoms with van der Waals surface area (Å²) in [6.45, 7) is 2.28. The van der Waals surface area contributed by atoms with E-state index in [1.165, 1.54) is 17.6 Å². The Morgan fingerprint density at radius 2 is 2.19 bits per heavy atom. The molecule has 0 aliphatic carbocycles. The highest BCUT2D eigenvalue weighted by atomic mass is 32.1. The number of nitrogens with zero attached hydrogens (tertiary/aromatic N) is 2. The first-order valence-corrected chi connectivity index (χ1v) is 7.88. The van der Waals surface area contributed by atoms with Crippen molar-refractivity contribution in [3.63, 3.8) is 0 Å². The van der Waals surface area contributed by atoms with Crippen LogP contribution in [-0.4, -0.2) is 21.9 Å². The van der Waals surface area contributed by atoms with Gasteiger partial charge in [0.2, 0.25) is 0 Å². The Morgan fingerprint density at radius 3 is 2.90 bits per heavy atom. The van der Waals surface area contributed by atoms with Gasteiger partial charge in [0, 0.05) is 25.4 Å². The van der Waals surface area contributed by atoms with E-state index < -0.39 is 0 Å². The first-order chi connectivity index (χ1) is 10.1. The molecule has 0 saturated heterocycles. The predicted octanol–water partition coefficient (Wildman–Crippen LogP) is 2.19. The molecule has 0 fully saturated rings. The van der Waals surface area contributed by atoms with Gasteiger partial charge in [0.25, 0.3) is 0 Å². The SMILES string of the molecule is Cc1cc(Cc2nsc(CCCC(N)CN)n2)ccc1F. The summed E-state index contributed by atoms with van der Waals surface area (Å²) in [6.07, 6.45) is 3.40. The van der Waals surface area contributed by atoms with Crippen LogP contribution in [0.3, 0.4) is 0 Å². The molecule has 2 rings (SSSR count). The molecule has 2 aromatic rings. The lowest BCUT2D eigenvalue weighted by Crippen LogP contribution is -2.29. The van der Waals surface area contributed by atoms with Gasteiger partial charge in [-0.2, -0.15) is 4.37 Å². The molecule has 1 aromatic heterocycles. The fourth-order valence-corrected chi connectivity index (χ4v) is 2.79. The van der Waals surface area contributed by atoms with Crippen molar-refractivity contribution in [1.82, 2.24) is 9.36 Å². The molecule has 6 heteroatoms. The largest absolute Gasteiger partial charge is 0.329 e. The van der Waals surface area contributed by atoms with Crippen LogP contribution >= 0.6 is 11.5 Å². The molecule has 0 amide bonds. The Morgan fingerprint density at radius 1 is 1.38 bits per heavy atom. The molecule has 0 bridgehead atoms. The molecule has 0 aliphatic heterocycles. The van der Waals surface area contributed by atoms with Crippen LogP contribution in [0.4, 0.5) is 4.39 Å². The second kappa shape index (κ2) is 7.59.